The topological polar surface area (TPSA) is 78.9 Å². The fraction of sp³-hybridized carbons (Fsp3) is 0.0667. The predicted octanol–water partition coefficient (Wildman–Crippen LogP) is 2.84. The van der Waals surface area contributed by atoms with Gasteiger partial charge in [0.05, 0.1) is 11.3 Å². The van der Waals surface area contributed by atoms with Crippen molar-refractivity contribution in [3.63, 3.8) is 0 Å². The van der Waals surface area contributed by atoms with Gasteiger partial charge in [-0.25, -0.2) is 4.39 Å². The van der Waals surface area contributed by atoms with E-state index < -0.39 is 11.7 Å². The lowest BCUT2D eigenvalue weighted by atomic mass is 10.1. The van der Waals surface area contributed by atoms with Crippen LogP contribution in [0.1, 0.15) is 21.5 Å². The van der Waals surface area contributed by atoms with Gasteiger partial charge in [-0.3, -0.25) is 4.79 Å². The Hall–Kier alpha value is -2.87. The molecule has 20 heavy (non-hydrogen) atoms. The van der Waals surface area contributed by atoms with Gasteiger partial charge in [-0.05, 0) is 42.8 Å². The summed E-state index contributed by atoms with van der Waals surface area (Å²) < 4.78 is 13.0. The lowest BCUT2D eigenvalue weighted by molar-refractivity contribution is 0.102. The van der Waals surface area contributed by atoms with Gasteiger partial charge in [0.25, 0.3) is 5.91 Å². The van der Waals surface area contributed by atoms with Crippen LogP contribution >= 0.6 is 0 Å². The number of carbonyl (C=O) groups excluding carboxylic acids is 1. The van der Waals surface area contributed by atoms with Crippen LogP contribution in [0.4, 0.5) is 15.8 Å². The Kier molecular flexibility index (Phi) is 3.67. The summed E-state index contributed by atoms with van der Waals surface area (Å²) in [6, 6.07) is 10.4. The fourth-order valence-corrected chi connectivity index (χ4v) is 1.69. The Morgan fingerprint density at radius 2 is 2.05 bits per heavy atom. The molecule has 0 heterocycles. The first-order chi connectivity index (χ1) is 9.51. The van der Waals surface area contributed by atoms with E-state index in [2.05, 4.69) is 5.32 Å². The highest BCUT2D eigenvalue weighted by atomic mass is 19.1. The fourth-order valence-electron chi connectivity index (χ4n) is 1.69. The van der Waals surface area contributed by atoms with Crippen molar-refractivity contribution in [2.24, 2.45) is 0 Å². The third kappa shape index (κ3) is 2.75. The first-order valence-corrected chi connectivity index (χ1v) is 5.88. The van der Waals surface area contributed by atoms with Gasteiger partial charge < -0.3 is 11.1 Å². The van der Waals surface area contributed by atoms with E-state index in [1.54, 1.807) is 18.2 Å². The normalized spacial score (nSPS) is 9.85. The molecule has 5 heteroatoms. The van der Waals surface area contributed by atoms with Crippen LogP contribution in [-0.2, 0) is 0 Å². The SMILES string of the molecule is Cc1ccc(C(=O)Nc2ccc(F)cc2C#N)cc1N. The van der Waals surface area contributed by atoms with Crippen LogP contribution in [0.3, 0.4) is 0 Å². The maximum Gasteiger partial charge on any atom is 0.255 e. The minimum Gasteiger partial charge on any atom is -0.398 e. The van der Waals surface area contributed by atoms with Crippen molar-refractivity contribution in [2.45, 2.75) is 6.92 Å². The van der Waals surface area contributed by atoms with E-state index >= 15 is 0 Å². The van der Waals surface area contributed by atoms with Crippen LogP contribution in [0.15, 0.2) is 36.4 Å². The average Bonchev–Trinajstić information content (AvgIpc) is 2.43. The molecule has 0 unspecified atom stereocenters. The second-order valence-electron chi connectivity index (χ2n) is 4.33. The van der Waals surface area contributed by atoms with Crippen LogP contribution in [0.25, 0.3) is 0 Å². The lowest BCUT2D eigenvalue weighted by Gasteiger charge is -2.08. The predicted molar refractivity (Wildman–Crippen MR) is 74.7 cm³/mol. The monoisotopic (exact) mass is 269 g/mol. The number of aryl methyl sites for hydroxylation is 1. The molecular weight excluding hydrogens is 257 g/mol. The number of amides is 1. The van der Waals surface area contributed by atoms with Gasteiger partial charge in [0.1, 0.15) is 11.9 Å². The number of benzene rings is 2. The second-order valence-corrected chi connectivity index (χ2v) is 4.33. The van der Waals surface area contributed by atoms with Crippen molar-refractivity contribution < 1.29 is 9.18 Å². The molecule has 100 valence electrons. The van der Waals surface area contributed by atoms with E-state index in [1.807, 2.05) is 13.0 Å². The number of nitrogens with zero attached hydrogens (tertiary/aromatic N) is 1. The molecule has 3 N–H and O–H groups in total. The Bertz CT molecular complexity index is 720. The molecule has 0 radical (unpaired) electrons. The Morgan fingerprint density at radius 1 is 1.30 bits per heavy atom. The van der Waals surface area contributed by atoms with E-state index in [0.29, 0.717) is 11.3 Å². The van der Waals surface area contributed by atoms with Crippen molar-refractivity contribution >= 4 is 17.3 Å². The van der Waals surface area contributed by atoms with Crippen LogP contribution in [0.5, 0.6) is 0 Å². The number of nitriles is 1. The number of halogens is 1. The highest BCUT2D eigenvalue weighted by Gasteiger charge is 2.10. The van der Waals surface area contributed by atoms with Crippen molar-refractivity contribution in [3.05, 3.63) is 58.9 Å². The molecule has 2 rings (SSSR count). The van der Waals surface area contributed by atoms with Gasteiger partial charge in [-0.2, -0.15) is 5.26 Å². The maximum atomic E-state index is 13.0. The lowest BCUT2D eigenvalue weighted by Crippen LogP contribution is -2.13. The summed E-state index contributed by atoms with van der Waals surface area (Å²) in [6.45, 7) is 1.84. The Morgan fingerprint density at radius 3 is 2.70 bits per heavy atom. The summed E-state index contributed by atoms with van der Waals surface area (Å²) in [5.41, 5.74) is 7.84. The third-order valence-corrected chi connectivity index (χ3v) is 2.89. The molecule has 0 spiro atoms. The quantitative estimate of drug-likeness (QED) is 0.823. The zero-order valence-corrected chi connectivity index (χ0v) is 10.8. The zero-order chi connectivity index (χ0) is 14.7. The van der Waals surface area contributed by atoms with Crippen molar-refractivity contribution in [1.29, 1.82) is 5.26 Å². The largest absolute Gasteiger partial charge is 0.398 e. The van der Waals surface area contributed by atoms with E-state index in [4.69, 9.17) is 11.0 Å². The molecule has 2 aromatic rings. The van der Waals surface area contributed by atoms with E-state index in [1.165, 1.54) is 12.1 Å². The Labute approximate surface area is 115 Å². The van der Waals surface area contributed by atoms with Gasteiger partial charge in [0.2, 0.25) is 0 Å². The third-order valence-electron chi connectivity index (χ3n) is 2.89. The zero-order valence-electron chi connectivity index (χ0n) is 10.8. The van der Waals surface area contributed by atoms with E-state index in [-0.39, 0.29) is 11.3 Å². The van der Waals surface area contributed by atoms with Crippen LogP contribution in [0, 0.1) is 24.1 Å². The summed E-state index contributed by atoms with van der Waals surface area (Å²) in [5.74, 6) is -0.932. The molecule has 0 aliphatic heterocycles. The number of carbonyl (C=O) groups is 1. The number of nitrogens with two attached hydrogens (primary N) is 1. The molecule has 0 fully saturated rings. The number of nitrogens with one attached hydrogen (secondary N) is 1. The van der Waals surface area contributed by atoms with E-state index in [9.17, 15) is 9.18 Å². The molecule has 0 aliphatic rings. The standard InChI is InChI=1S/C15H12FN3O/c1-9-2-3-10(7-13(9)18)15(20)19-14-5-4-12(16)6-11(14)8-17/h2-7H,18H2,1H3,(H,19,20). The minimum atomic E-state index is -0.529. The average molecular weight is 269 g/mol. The molecule has 0 saturated heterocycles. The molecule has 0 saturated carbocycles. The minimum absolute atomic E-state index is 0.0680. The highest BCUT2D eigenvalue weighted by molar-refractivity contribution is 6.05. The molecule has 4 nitrogen and oxygen atoms in total. The summed E-state index contributed by atoms with van der Waals surface area (Å²) in [5, 5.41) is 11.5. The second kappa shape index (κ2) is 5.41. The van der Waals surface area contributed by atoms with Crippen LogP contribution < -0.4 is 11.1 Å². The maximum absolute atomic E-state index is 13.0. The molecule has 0 bridgehead atoms. The first-order valence-electron chi connectivity index (χ1n) is 5.88. The molecule has 0 atom stereocenters. The molecule has 2 aromatic carbocycles. The van der Waals surface area contributed by atoms with Gasteiger partial charge in [-0.15, -0.1) is 0 Å². The van der Waals surface area contributed by atoms with Crippen LogP contribution in [0.2, 0.25) is 0 Å². The summed E-state index contributed by atoms with van der Waals surface area (Å²) in [4.78, 5) is 12.1. The number of nitrogen functional groups attached to an aromatic ring is 1. The van der Waals surface area contributed by atoms with Gasteiger partial charge >= 0.3 is 0 Å². The van der Waals surface area contributed by atoms with E-state index in [0.717, 1.165) is 11.6 Å². The molecular formula is C15H12FN3O. The summed E-state index contributed by atoms with van der Waals surface area (Å²) in [7, 11) is 0. The van der Waals surface area contributed by atoms with Crippen molar-refractivity contribution in [2.75, 3.05) is 11.1 Å². The summed E-state index contributed by atoms with van der Waals surface area (Å²) in [6.07, 6.45) is 0. The van der Waals surface area contributed by atoms with Crippen LogP contribution in [-0.4, -0.2) is 5.91 Å². The molecule has 0 aromatic heterocycles. The first kappa shape index (κ1) is 13.6. The summed E-state index contributed by atoms with van der Waals surface area (Å²) >= 11 is 0. The molecule has 0 aliphatic carbocycles. The number of anilines is 2. The smallest absolute Gasteiger partial charge is 0.255 e. The molecule has 1 amide bonds. The Balaban J connectivity index is 2.28. The number of rotatable bonds is 2. The van der Waals surface area contributed by atoms with Gasteiger partial charge in [0, 0.05) is 11.3 Å². The number of hydrogen-bond donors (Lipinski definition) is 2. The van der Waals surface area contributed by atoms with Crippen molar-refractivity contribution in [1.82, 2.24) is 0 Å². The number of hydrogen-bond acceptors (Lipinski definition) is 3. The highest BCUT2D eigenvalue weighted by Crippen LogP contribution is 2.18. The van der Waals surface area contributed by atoms with Gasteiger partial charge in [0.15, 0.2) is 0 Å². The van der Waals surface area contributed by atoms with Gasteiger partial charge in [-0.1, -0.05) is 6.07 Å². The van der Waals surface area contributed by atoms with Crippen molar-refractivity contribution in [3.8, 4) is 6.07 Å².